The maximum absolute atomic E-state index is 6.17. The molecule has 0 radical (unpaired) electrons. The minimum atomic E-state index is 0.481. The van der Waals surface area contributed by atoms with Crippen LogP contribution in [0.1, 0.15) is 18.2 Å². The van der Waals surface area contributed by atoms with Crippen LogP contribution in [0.4, 0.5) is 5.13 Å². The fourth-order valence-corrected chi connectivity index (χ4v) is 2.62. The normalized spacial score (nSPS) is 10.9. The molecule has 1 aromatic carbocycles. The quantitative estimate of drug-likeness (QED) is 0.645. The maximum atomic E-state index is 6.17. The number of ether oxygens (including phenoxy) is 2. The topological polar surface area (TPSA) is 55.7 Å². The number of nitrogens with one attached hydrogen (secondary N) is 1. The van der Waals surface area contributed by atoms with Gasteiger partial charge < -0.3 is 9.47 Å². The van der Waals surface area contributed by atoms with Gasteiger partial charge in [0.25, 0.3) is 0 Å². The first-order valence-corrected chi connectivity index (χ1v) is 7.61. The Labute approximate surface area is 132 Å². The summed E-state index contributed by atoms with van der Waals surface area (Å²) < 4.78 is 10.8. The first-order valence-electron chi connectivity index (χ1n) is 6.35. The van der Waals surface area contributed by atoms with E-state index in [1.807, 2.05) is 25.3 Å². The lowest BCUT2D eigenvalue weighted by Gasteiger charge is -2.11. The molecule has 2 rings (SSSR count). The lowest BCUT2D eigenvalue weighted by molar-refractivity contribution is 0.311. The van der Waals surface area contributed by atoms with Gasteiger partial charge in [0.15, 0.2) is 11.5 Å². The Morgan fingerprint density at radius 2 is 2.29 bits per heavy atom. The van der Waals surface area contributed by atoms with Gasteiger partial charge in [-0.15, -0.1) is 11.3 Å². The van der Waals surface area contributed by atoms with Crippen LogP contribution in [0, 0.1) is 6.92 Å². The molecule has 0 amide bonds. The minimum absolute atomic E-state index is 0.481. The lowest BCUT2D eigenvalue weighted by atomic mass is 10.2. The predicted molar refractivity (Wildman–Crippen MR) is 87.2 cm³/mol. The monoisotopic (exact) mass is 325 g/mol. The molecule has 21 heavy (non-hydrogen) atoms. The Morgan fingerprint density at radius 1 is 1.48 bits per heavy atom. The molecule has 1 heterocycles. The number of hydrogen-bond donors (Lipinski definition) is 1. The minimum Gasteiger partial charge on any atom is -0.491 e. The van der Waals surface area contributed by atoms with Crippen molar-refractivity contribution in [1.82, 2.24) is 4.98 Å². The van der Waals surface area contributed by atoms with Gasteiger partial charge in [-0.3, -0.25) is 5.43 Å². The standard InChI is InChI=1S/C14H16ClN3O2S/c1-4-20-12-6-10(5-11(15)13(12)19-3)7-16-18-14-17-9(2)8-21-14/h5-8H,4H2,1-3H3,(H,17,18)/b16-7-. The fourth-order valence-electron chi connectivity index (χ4n) is 1.69. The summed E-state index contributed by atoms with van der Waals surface area (Å²) in [5.74, 6) is 1.12. The van der Waals surface area contributed by atoms with Crippen molar-refractivity contribution in [1.29, 1.82) is 0 Å². The number of halogens is 1. The van der Waals surface area contributed by atoms with Crippen molar-refractivity contribution in [3.05, 3.63) is 33.8 Å². The van der Waals surface area contributed by atoms with Gasteiger partial charge >= 0.3 is 0 Å². The van der Waals surface area contributed by atoms with E-state index >= 15 is 0 Å². The van der Waals surface area contributed by atoms with E-state index in [2.05, 4.69) is 15.5 Å². The van der Waals surface area contributed by atoms with E-state index in [0.29, 0.717) is 23.1 Å². The smallest absolute Gasteiger partial charge is 0.203 e. The van der Waals surface area contributed by atoms with Crippen LogP contribution in [0.25, 0.3) is 0 Å². The molecule has 0 aliphatic heterocycles. The number of benzene rings is 1. The Hall–Kier alpha value is -1.79. The van der Waals surface area contributed by atoms with Crippen LogP contribution in [0.3, 0.4) is 0 Å². The molecule has 0 unspecified atom stereocenters. The summed E-state index contributed by atoms with van der Waals surface area (Å²) in [4.78, 5) is 4.26. The van der Waals surface area contributed by atoms with Crippen molar-refractivity contribution in [3.8, 4) is 11.5 Å². The van der Waals surface area contributed by atoms with Crippen LogP contribution < -0.4 is 14.9 Å². The third-order valence-electron chi connectivity index (χ3n) is 2.53. The van der Waals surface area contributed by atoms with Gasteiger partial charge in [0.1, 0.15) is 0 Å². The van der Waals surface area contributed by atoms with Gasteiger partial charge in [-0.2, -0.15) is 5.10 Å². The molecule has 7 heteroatoms. The number of methoxy groups -OCH3 is 1. The van der Waals surface area contributed by atoms with Crippen molar-refractivity contribution in [3.63, 3.8) is 0 Å². The van der Waals surface area contributed by atoms with Gasteiger partial charge in [0.05, 0.1) is 30.6 Å². The van der Waals surface area contributed by atoms with Crippen molar-refractivity contribution in [2.45, 2.75) is 13.8 Å². The number of rotatable bonds is 6. The van der Waals surface area contributed by atoms with Crippen molar-refractivity contribution in [2.75, 3.05) is 19.1 Å². The van der Waals surface area contributed by atoms with E-state index in [-0.39, 0.29) is 0 Å². The van der Waals surface area contributed by atoms with Gasteiger partial charge in [-0.1, -0.05) is 11.6 Å². The third-order valence-corrected chi connectivity index (χ3v) is 3.67. The molecule has 0 saturated heterocycles. The summed E-state index contributed by atoms with van der Waals surface area (Å²) in [7, 11) is 1.56. The number of aromatic nitrogens is 1. The van der Waals surface area contributed by atoms with Crippen LogP contribution in [-0.4, -0.2) is 24.9 Å². The summed E-state index contributed by atoms with van der Waals surface area (Å²) >= 11 is 7.67. The SMILES string of the molecule is CCOc1cc(/C=N\Nc2nc(C)cs2)cc(Cl)c1OC. The number of nitrogens with zero attached hydrogens (tertiary/aromatic N) is 2. The second-order valence-electron chi connectivity index (χ2n) is 4.13. The molecule has 0 fully saturated rings. The average Bonchev–Trinajstić information content (AvgIpc) is 2.85. The Balaban J connectivity index is 2.15. The van der Waals surface area contributed by atoms with E-state index in [0.717, 1.165) is 16.4 Å². The van der Waals surface area contributed by atoms with Gasteiger partial charge in [-0.25, -0.2) is 4.98 Å². The van der Waals surface area contributed by atoms with Gasteiger partial charge in [0.2, 0.25) is 5.13 Å². The highest BCUT2D eigenvalue weighted by Gasteiger charge is 2.10. The molecule has 112 valence electrons. The zero-order chi connectivity index (χ0) is 15.2. The second-order valence-corrected chi connectivity index (χ2v) is 5.40. The number of thiazole rings is 1. The maximum Gasteiger partial charge on any atom is 0.203 e. The molecule has 2 aromatic rings. The molecule has 0 bridgehead atoms. The number of aryl methyl sites for hydroxylation is 1. The molecule has 0 spiro atoms. The zero-order valence-corrected chi connectivity index (χ0v) is 13.6. The van der Waals surface area contributed by atoms with Gasteiger partial charge in [-0.05, 0) is 31.5 Å². The average molecular weight is 326 g/mol. The number of hydrogen-bond acceptors (Lipinski definition) is 6. The van der Waals surface area contributed by atoms with E-state index in [9.17, 15) is 0 Å². The predicted octanol–water partition coefficient (Wildman–Crippen LogP) is 3.96. The lowest BCUT2D eigenvalue weighted by Crippen LogP contribution is -1.98. The summed E-state index contributed by atoms with van der Waals surface area (Å²) in [6.45, 7) is 4.37. The third kappa shape index (κ3) is 4.09. The molecule has 5 nitrogen and oxygen atoms in total. The Bertz CT molecular complexity index is 643. The Kier molecular flexibility index (Phi) is 5.41. The summed E-state index contributed by atoms with van der Waals surface area (Å²) in [5.41, 5.74) is 4.65. The molecular formula is C14H16ClN3O2S. The first kappa shape index (κ1) is 15.6. The van der Waals surface area contributed by atoms with Crippen LogP contribution in [0.15, 0.2) is 22.6 Å². The van der Waals surface area contributed by atoms with Crippen molar-refractivity contribution < 1.29 is 9.47 Å². The van der Waals surface area contributed by atoms with Crippen LogP contribution >= 0.6 is 22.9 Å². The second kappa shape index (κ2) is 7.28. The van der Waals surface area contributed by atoms with E-state index in [1.54, 1.807) is 19.4 Å². The van der Waals surface area contributed by atoms with Crippen LogP contribution in [0.2, 0.25) is 5.02 Å². The molecule has 0 aliphatic rings. The van der Waals surface area contributed by atoms with Gasteiger partial charge in [0, 0.05) is 5.38 Å². The van der Waals surface area contributed by atoms with E-state index in [4.69, 9.17) is 21.1 Å². The van der Waals surface area contributed by atoms with E-state index in [1.165, 1.54) is 11.3 Å². The van der Waals surface area contributed by atoms with Crippen molar-refractivity contribution >= 4 is 34.3 Å². The summed E-state index contributed by atoms with van der Waals surface area (Å²) in [5, 5.41) is 7.32. The highest BCUT2D eigenvalue weighted by atomic mass is 35.5. The molecule has 1 aromatic heterocycles. The van der Waals surface area contributed by atoms with Crippen molar-refractivity contribution in [2.24, 2.45) is 5.10 Å². The number of anilines is 1. The zero-order valence-electron chi connectivity index (χ0n) is 12.0. The summed E-state index contributed by atoms with van der Waals surface area (Å²) in [6, 6.07) is 3.59. The number of hydrazone groups is 1. The Morgan fingerprint density at radius 3 is 2.90 bits per heavy atom. The molecule has 0 saturated carbocycles. The fraction of sp³-hybridized carbons (Fsp3) is 0.286. The highest BCUT2D eigenvalue weighted by Crippen LogP contribution is 2.35. The molecule has 0 aliphatic carbocycles. The first-order chi connectivity index (χ1) is 10.1. The van der Waals surface area contributed by atoms with Crippen LogP contribution in [0.5, 0.6) is 11.5 Å². The van der Waals surface area contributed by atoms with E-state index < -0.39 is 0 Å². The largest absolute Gasteiger partial charge is 0.491 e. The highest BCUT2D eigenvalue weighted by molar-refractivity contribution is 7.13. The molecule has 1 N–H and O–H groups in total. The van der Waals surface area contributed by atoms with Crippen LogP contribution in [-0.2, 0) is 0 Å². The summed E-state index contributed by atoms with van der Waals surface area (Å²) in [6.07, 6.45) is 1.66. The molecule has 0 atom stereocenters. The molecular weight excluding hydrogens is 310 g/mol.